The van der Waals surface area contributed by atoms with E-state index < -0.39 is 23.5 Å². The lowest BCUT2D eigenvalue weighted by Crippen LogP contribution is -2.32. The maximum Gasteiger partial charge on any atom is 0.455 e. The highest BCUT2D eigenvalue weighted by Gasteiger charge is 2.43. The second-order valence-electron chi connectivity index (χ2n) is 2.76. The number of nitrogens with two attached hydrogens (primary N) is 1. The molecule has 0 atom stereocenters. The highest BCUT2D eigenvalue weighted by molar-refractivity contribution is 6.19. The summed E-state index contributed by atoms with van der Waals surface area (Å²) in [7, 11) is 1.17. The van der Waals surface area contributed by atoms with Crippen LogP contribution in [-0.4, -0.2) is 36.6 Å². The molecular weight excluding hydrogens is 229 g/mol. The molecule has 0 aromatic heterocycles. The fraction of sp³-hybridized carbons (Fsp3) is 0.500. The van der Waals surface area contributed by atoms with E-state index in [-0.39, 0.29) is 6.61 Å². The Labute approximate surface area is 89.6 Å². The fourth-order valence-electron chi connectivity index (χ4n) is 0.769. The molecule has 0 rings (SSSR count). The second kappa shape index (κ2) is 5.50. The van der Waals surface area contributed by atoms with Crippen LogP contribution in [0.15, 0.2) is 11.8 Å². The Morgan fingerprint density at radius 3 is 2.25 bits per heavy atom. The summed E-state index contributed by atoms with van der Waals surface area (Å²) in [4.78, 5) is 21.9. The standard InChI is InChI=1S/C8H11F3N2O3/c1-3-16-7(15)5(4-13(2)12)6(14)8(9,10)11/h4H,3,12H2,1-2H3/b5-4+. The zero-order chi connectivity index (χ0) is 12.9. The number of hydrazine groups is 1. The molecule has 0 aliphatic heterocycles. The summed E-state index contributed by atoms with van der Waals surface area (Å²) in [5, 5.41) is 0.663. The van der Waals surface area contributed by atoms with E-state index in [0.717, 1.165) is 0 Å². The molecular formula is C8H11F3N2O3. The number of ether oxygens (including phenoxy) is 1. The van der Waals surface area contributed by atoms with Crippen molar-refractivity contribution in [2.24, 2.45) is 5.84 Å². The number of ketones is 1. The topological polar surface area (TPSA) is 72.6 Å². The summed E-state index contributed by atoms with van der Waals surface area (Å²) in [6.45, 7) is 1.26. The van der Waals surface area contributed by atoms with E-state index >= 15 is 0 Å². The molecule has 2 N–H and O–H groups in total. The number of alkyl halides is 3. The number of hydrogen-bond acceptors (Lipinski definition) is 5. The minimum absolute atomic E-state index is 0.143. The average Bonchev–Trinajstić information content (AvgIpc) is 2.11. The molecule has 0 aliphatic carbocycles. The molecule has 0 amide bonds. The minimum Gasteiger partial charge on any atom is -0.462 e. The van der Waals surface area contributed by atoms with Gasteiger partial charge in [0.05, 0.1) is 6.61 Å². The second-order valence-corrected chi connectivity index (χ2v) is 2.76. The van der Waals surface area contributed by atoms with Crippen LogP contribution < -0.4 is 5.84 Å². The summed E-state index contributed by atoms with van der Waals surface area (Å²) < 4.78 is 40.6. The molecule has 0 unspecified atom stereocenters. The van der Waals surface area contributed by atoms with Gasteiger partial charge in [0.2, 0.25) is 0 Å². The van der Waals surface area contributed by atoms with Gasteiger partial charge >= 0.3 is 12.1 Å². The predicted octanol–water partition coefficient (Wildman–Crippen LogP) is 0.370. The normalized spacial score (nSPS) is 12.2. The molecule has 0 saturated heterocycles. The molecule has 0 aliphatic rings. The van der Waals surface area contributed by atoms with Crippen LogP contribution in [0.5, 0.6) is 0 Å². The van der Waals surface area contributed by atoms with E-state index in [1.165, 1.54) is 14.0 Å². The number of Topliss-reactive ketones (excluding diaryl/α,β-unsaturated/α-hetero) is 1. The van der Waals surface area contributed by atoms with E-state index in [4.69, 9.17) is 5.84 Å². The Morgan fingerprint density at radius 2 is 1.94 bits per heavy atom. The molecule has 0 fully saturated rings. The Morgan fingerprint density at radius 1 is 1.44 bits per heavy atom. The largest absolute Gasteiger partial charge is 0.462 e. The van der Waals surface area contributed by atoms with Gasteiger partial charge < -0.3 is 9.75 Å². The van der Waals surface area contributed by atoms with E-state index in [1.54, 1.807) is 0 Å². The predicted molar refractivity (Wildman–Crippen MR) is 47.7 cm³/mol. The number of nitrogens with zero attached hydrogens (tertiary/aromatic N) is 1. The monoisotopic (exact) mass is 240 g/mol. The summed E-state index contributed by atoms with van der Waals surface area (Å²) in [5.41, 5.74) is -1.15. The first-order valence-corrected chi connectivity index (χ1v) is 4.18. The van der Waals surface area contributed by atoms with Crippen LogP contribution in [0.3, 0.4) is 0 Å². The van der Waals surface area contributed by atoms with Gasteiger partial charge in [-0.2, -0.15) is 13.2 Å². The van der Waals surface area contributed by atoms with Crippen molar-refractivity contribution in [3.8, 4) is 0 Å². The third kappa shape index (κ3) is 4.30. The van der Waals surface area contributed by atoms with E-state index in [1.807, 2.05) is 0 Å². The summed E-state index contributed by atoms with van der Waals surface area (Å²) >= 11 is 0. The van der Waals surface area contributed by atoms with Crippen LogP contribution in [0, 0.1) is 0 Å². The van der Waals surface area contributed by atoms with Crippen LogP contribution in [-0.2, 0) is 14.3 Å². The van der Waals surface area contributed by atoms with Gasteiger partial charge in [0.25, 0.3) is 5.78 Å². The first-order valence-electron chi connectivity index (χ1n) is 4.18. The van der Waals surface area contributed by atoms with E-state index in [0.29, 0.717) is 11.2 Å². The van der Waals surface area contributed by atoms with Crippen molar-refractivity contribution in [2.75, 3.05) is 13.7 Å². The van der Waals surface area contributed by atoms with Crippen molar-refractivity contribution in [3.63, 3.8) is 0 Å². The number of carbonyl (C=O) groups excluding carboxylic acids is 2. The molecule has 0 aromatic carbocycles. The number of halogens is 3. The molecule has 8 heteroatoms. The summed E-state index contributed by atoms with van der Waals surface area (Å²) in [6.07, 6.45) is -4.58. The van der Waals surface area contributed by atoms with Gasteiger partial charge in [0, 0.05) is 13.2 Å². The zero-order valence-corrected chi connectivity index (χ0v) is 8.67. The quantitative estimate of drug-likeness (QED) is 0.192. The number of esters is 1. The lowest BCUT2D eigenvalue weighted by molar-refractivity contribution is -0.168. The van der Waals surface area contributed by atoms with Gasteiger partial charge in [0.15, 0.2) is 0 Å². The minimum atomic E-state index is -5.14. The maximum atomic E-state index is 12.1. The number of carbonyl (C=O) groups is 2. The van der Waals surface area contributed by atoms with Crippen molar-refractivity contribution in [1.29, 1.82) is 0 Å². The lowest BCUT2D eigenvalue weighted by atomic mass is 10.2. The number of rotatable bonds is 4. The van der Waals surface area contributed by atoms with Crippen LogP contribution in [0.4, 0.5) is 13.2 Å². The fourth-order valence-corrected chi connectivity index (χ4v) is 0.769. The highest BCUT2D eigenvalue weighted by atomic mass is 19.4. The molecule has 0 saturated carbocycles. The maximum absolute atomic E-state index is 12.1. The van der Waals surface area contributed by atoms with Gasteiger partial charge in [-0.05, 0) is 6.92 Å². The molecule has 0 aromatic rings. The van der Waals surface area contributed by atoms with E-state index in [2.05, 4.69) is 4.74 Å². The van der Waals surface area contributed by atoms with Crippen molar-refractivity contribution < 1.29 is 27.5 Å². The van der Waals surface area contributed by atoms with Gasteiger partial charge in [-0.1, -0.05) is 0 Å². The summed E-state index contributed by atoms with van der Waals surface area (Å²) in [6, 6.07) is 0. The number of hydrogen-bond donors (Lipinski definition) is 1. The molecule has 0 spiro atoms. The Kier molecular flexibility index (Phi) is 4.96. The van der Waals surface area contributed by atoms with Crippen LogP contribution in [0.1, 0.15) is 6.92 Å². The highest BCUT2D eigenvalue weighted by Crippen LogP contribution is 2.21. The first-order chi connectivity index (χ1) is 7.20. The van der Waals surface area contributed by atoms with Crippen molar-refractivity contribution in [1.82, 2.24) is 5.01 Å². The third-order valence-corrected chi connectivity index (χ3v) is 1.33. The first kappa shape index (κ1) is 14.4. The molecule has 0 radical (unpaired) electrons. The van der Waals surface area contributed by atoms with Crippen LogP contribution >= 0.6 is 0 Å². The Bertz CT molecular complexity index is 310. The van der Waals surface area contributed by atoms with Crippen LogP contribution in [0.25, 0.3) is 0 Å². The van der Waals surface area contributed by atoms with Gasteiger partial charge in [-0.25, -0.2) is 10.6 Å². The van der Waals surface area contributed by atoms with Gasteiger partial charge in [0.1, 0.15) is 5.57 Å². The van der Waals surface area contributed by atoms with Gasteiger partial charge in [-0.15, -0.1) is 0 Å². The SMILES string of the molecule is CCOC(=O)/C(=C/N(C)N)C(=O)C(F)(F)F. The average molecular weight is 240 g/mol. The molecule has 0 bridgehead atoms. The van der Waals surface area contributed by atoms with Crippen molar-refractivity contribution in [3.05, 3.63) is 11.8 Å². The Balaban J connectivity index is 5.12. The zero-order valence-electron chi connectivity index (χ0n) is 8.67. The molecule has 0 heterocycles. The molecule has 16 heavy (non-hydrogen) atoms. The van der Waals surface area contributed by atoms with Crippen molar-refractivity contribution in [2.45, 2.75) is 13.1 Å². The molecule has 5 nitrogen and oxygen atoms in total. The van der Waals surface area contributed by atoms with Gasteiger partial charge in [-0.3, -0.25) is 4.79 Å². The van der Waals surface area contributed by atoms with E-state index in [9.17, 15) is 22.8 Å². The van der Waals surface area contributed by atoms with Crippen molar-refractivity contribution >= 4 is 11.8 Å². The molecule has 92 valence electrons. The smallest absolute Gasteiger partial charge is 0.455 e. The third-order valence-electron chi connectivity index (χ3n) is 1.33. The summed E-state index contributed by atoms with van der Waals surface area (Å²) in [5.74, 6) is 1.39. The lowest BCUT2D eigenvalue weighted by Gasteiger charge is -2.11. The Hall–Kier alpha value is -1.57. The van der Waals surface area contributed by atoms with Crippen LogP contribution in [0.2, 0.25) is 0 Å².